The van der Waals surface area contributed by atoms with E-state index in [-0.39, 0.29) is 11.9 Å². The van der Waals surface area contributed by atoms with Gasteiger partial charge >= 0.3 is 0 Å². The first-order valence-electron chi connectivity index (χ1n) is 10.7. The van der Waals surface area contributed by atoms with Crippen LogP contribution in [-0.2, 0) is 4.79 Å². The molecule has 1 unspecified atom stereocenters. The van der Waals surface area contributed by atoms with Gasteiger partial charge in [-0.05, 0) is 48.9 Å². The smallest absolute Gasteiger partial charge is 0.255 e. The van der Waals surface area contributed by atoms with Crippen LogP contribution in [0.1, 0.15) is 18.5 Å². The van der Waals surface area contributed by atoms with Crippen LogP contribution in [-0.4, -0.2) is 29.7 Å². The number of imidazole rings is 1. The Morgan fingerprint density at radius 3 is 2.56 bits per heavy atom. The molecule has 1 atom stereocenters. The number of aromatic nitrogens is 2. The van der Waals surface area contributed by atoms with E-state index in [0.717, 1.165) is 26.8 Å². The summed E-state index contributed by atoms with van der Waals surface area (Å²) in [5.74, 6) is 1.63. The number of nitrogens with zero attached hydrogens (tertiary/aromatic N) is 2. The van der Waals surface area contributed by atoms with Crippen molar-refractivity contribution in [3.63, 3.8) is 0 Å². The molecule has 5 rings (SSSR count). The average molecular weight is 519 g/mol. The van der Waals surface area contributed by atoms with Crippen LogP contribution in [0.15, 0.2) is 82.5 Å². The summed E-state index contributed by atoms with van der Waals surface area (Å²) in [7, 11) is 3.15. The van der Waals surface area contributed by atoms with Gasteiger partial charge in [0.15, 0.2) is 0 Å². The first-order chi connectivity index (χ1) is 16.5. The van der Waals surface area contributed by atoms with Crippen molar-refractivity contribution in [2.75, 3.05) is 24.9 Å². The molecule has 1 aromatic heterocycles. The number of carbonyl (C=O) groups excluding carboxylic acids is 1. The number of fused-ring (bicyclic) bond motifs is 3. The van der Waals surface area contributed by atoms with Gasteiger partial charge in [-0.2, -0.15) is 0 Å². The van der Waals surface area contributed by atoms with Crippen LogP contribution in [0.2, 0.25) is 0 Å². The molecule has 0 bridgehead atoms. The molecule has 7 nitrogen and oxygen atoms in total. The van der Waals surface area contributed by atoms with Gasteiger partial charge in [-0.25, -0.2) is 4.98 Å². The largest absolute Gasteiger partial charge is 0.497 e. The molecule has 0 aliphatic carbocycles. The van der Waals surface area contributed by atoms with Gasteiger partial charge in [0.2, 0.25) is 5.95 Å². The molecule has 0 spiro atoms. The minimum Gasteiger partial charge on any atom is -0.497 e. The zero-order valence-corrected chi connectivity index (χ0v) is 20.5. The topological polar surface area (TPSA) is 77.4 Å². The normalized spacial score (nSPS) is 15.0. The van der Waals surface area contributed by atoms with Crippen molar-refractivity contribution in [1.29, 1.82) is 0 Å². The molecule has 2 N–H and O–H groups in total. The van der Waals surface area contributed by atoms with Crippen LogP contribution in [0.5, 0.6) is 11.5 Å². The Labute approximate surface area is 205 Å². The molecule has 2 heterocycles. The maximum absolute atomic E-state index is 13.8. The molecule has 8 heteroatoms. The molecular weight excluding hydrogens is 496 g/mol. The summed E-state index contributed by atoms with van der Waals surface area (Å²) in [5.41, 5.74) is 4.66. The van der Waals surface area contributed by atoms with Crippen molar-refractivity contribution >= 4 is 44.5 Å². The molecule has 1 amide bonds. The number of hydrogen-bond donors (Lipinski definition) is 2. The summed E-state index contributed by atoms with van der Waals surface area (Å²) in [4.78, 5) is 18.5. The zero-order chi connectivity index (χ0) is 23.8. The second-order valence-corrected chi connectivity index (χ2v) is 8.85. The molecule has 0 saturated heterocycles. The van der Waals surface area contributed by atoms with E-state index in [0.29, 0.717) is 28.7 Å². The van der Waals surface area contributed by atoms with Crippen molar-refractivity contribution in [1.82, 2.24) is 9.55 Å². The number of carbonyl (C=O) groups is 1. The lowest BCUT2D eigenvalue weighted by Crippen LogP contribution is -2.31. The molecule has 172 valence electrons. The molecule has 1 aliphatic heterocycles. The number of nitrogens with one attached hydrogen (secondary N) is 2. The highest BCUT2D eigenvalue weighted by Crippen LogP contribution is 2.40. The Hall–Kier alpha value is -3.78. The van der Waals surface area contributed by atoms with Crippen molar-refractivity contribution in [3.8, 4) is 11.5 Å². The summed E-state index contributed by atoms with van der Waals surface area (Å²) in [6, 6.07) is 20.8. The number of amides is 1. The van der Waals surface area contributed by atoms with Gasteiger partial charge in [0, 0.05) is 16.2 Å². The van der Waals surface area contributed by atoms with E-state index in [1.165, 1.54) is 0 Å². The van der Waals surface area contributed by atoms with Crippen LogP contribution in [0.4, 0.5) is 11.6 Å². The minimum absolute atomic E-state index is 0.232. The zero-order valence-electron chi connectivity index (χ0n) is 18.9. The van der Waals surface area contributed by atoms with E-state index in [1.54, 1.807) is 32.4 Å². The van der Waals surface area contributed by atoms with E-state index < -0.39 is 0 Å². The molecular formula is C26H23BrN4O3. The lowest BCUT2D eigenvalue weighted by atomic mass is 9.94. The van der Waals surface area contributed by atoms with Crippen LogP contribution in [0, 0.1) is 0 Å². The number of rotatable bonds is 5. The molecule has 0 fully saturated rings. The average Bonchev–Trinajstić information content (AvgIpc) is 3.21. The fourth-order valence-electron chi connectivity index (χ4n) is 4.31. The number of anilines is 2. The fourth-order valence-corrected chi connectivity index (χ4v) is 4.57. The Morgan fingerprint density at radius 1 is 1.06 bits per heavy atom. The second kappa shape index (κ2) is 8.87. The third-order valence-corrected chi connectivity index (χ3v) is 6.45. The van der Waals surface area contributed by atoms with Crippen LogP contribution in [0.25, 0.3) is 11.0 Å². The number of benzene rings is 3. The number of halogens is 1. The van der Waals surface area contributed by atoms with Gasteiger partial charge in [0.25, 0.3) is 5.91 Å². The monoisotopic (exact) mass is 518 g/mol. The summed E-state index contributed by atoms with van der Waals surface area (Å²) < 4.78 is 13.8. The lowest BCUT2D eigenvalue weighted by Gasteiger charge is -2.31. The summed E-state index contributed by atoms with van der Waals surface area (Å²) in [6.07, 6.45) is 0. The Balaban J connectivity index is 1.63. The van der Waals surface area contributed by atoms with E-state index in [2.05, 4.69) is 31.1 Å². The van der Waals surface area contributed by atoms with Crippen molar-refractivity contribution < 1.29 is 14.3 Å². The highest BCUT2D eigenvalue weighted by Gasteiger charge is 2.34. The summed E-state index contributed by atoms with van der Waals surface area (Å²) in [5, 5.41) is 6.37. The highest BCUT2D eigenvalue weighted by atomic mass is 79.9. The standard InChI is InChI=1S/C26H23BrN4O3/c1-15-23(25(32)29-20-13-12-18(33-2)14-22(20)34-3)24(16-8-10-17(27)11-9-16)31-21-7-5-4-6-19(21)30-26(31)28-15/h4-14,24H,1-3H3,(H,28,30)(H,29,32). The van der Waals surface area contributed by atoms with E-state index in [9.17, 15) is 4.79 Å². The SMILES string of the molecule is COc1ccc(NC(=O)C2=C(C)Nc3nc4ccccc4n3C2c2ccc(Br)cc2)c(OC)c1. The number of allylic oxidation sites excluding steroid dienone is 1. The molecule has 34 heavy (non-hydrogen) atoms. The third-order valence-electron chi connectivity index (χ3n) is 5.92. The molecule has 3 aromatic carbocycles. The third kappa shape index (κ3) is 3.80. The summed E-state index contributed by atoms with van der Waals surface area (Å²) in [6.45, 7) is 1.90. The van der Waals surface area contributed by atoms with Crippen molar-refractivity contribution in [2.24, 2.45) is 0 Å². The number of methoxy groups -OCH3 is 2. The number of hydrogen-bond acceptors (Lipinski definition) is 5. The van der Waals surface area contributed by atoms with E-state index >= 15 is 0 Å². The van der Waals surface area contributed by atoms with Gasteiger partial charge in [-0.3, -0.25) is 9.36 Å². The first kappa shape index (κ1) is 22.0. The highest BCUT2D eigenvalue weighted by molar-refractivity contribution is 9.10. The minimum atomic E-state index is -0.374. The fraction of sp³-hybridized carbons (Fsp3) is 0.154. The van der Waals surface area contributed by atoms with Gasteiger partial charge in [-0.15, -0.1) is 0 Å². The van der Waals surface area contributed by atoms with Crippen LogP contribution < -0.4 is 20.1 Å². The maximum atomic E-state index is 13.8. The Morgan fingerprint density at radius 2 is 1.82 bits per heavy atom. The van der Waals surface area contributed by atoms with Crippen LogP contribution >= 0.6 is 15.9 Å². The molecule has 0 saturated carbocycles. The number of ether oxygens (including phenoxy) is 2. The second-order valence-electron chi connectivity index (χ2n) is 7.93. The molecule has 1 aliphatic rings. The Kier molecular flexibility index (Phi) is 5.75. The Bertz CT molecular complexity index is 1430. The van der Waals surface area contributed by atoms with Crippen molar-refractivity contribution in [2.45, 2.75) is 13.0 Å². The van der Waals surface area contributed by atoms with E-state index in [1.807, 2.05) is 55.5 Å². The number of para-hydroxylation sites is 2. The molecule has 4 aromatic rings. The maximum Gasteiger partial charge on any atom is 0.255 e. The summed E-state index contributed by atoms with van der Waals surface area (Å²) >= 11 is 3.51. The van der Waals surface area contributed by atoms with Crippen LogP contribution in [0.3, 0.4) is 0 Å². The lowest BCUT2D eigenvalue weighted by molar-refractivity contribution is -0.113. The predicted octanol–water partition coefficient (Wildman–Crippen LogP) is 5.74. The predicted molar refractivity (Wildman–Crippen MR) is 137 cm³/mol. The van der Waals surface area contributed by atoms with E-state index in [4.69, 9.17) is 14.5 Å². The quantitative estimate of drug-likeness (QED) is 0.352. The van der Waals surface area contributed by atoms with Gasteiger partial charge < -0.3 is 20.1 Å². The van der Waals surface area contributed by atoms with Gasteiger partial charge in [0.05, 0.1) is 42.6 Å². The van der Waals surface area contributed by atoms with Crippen molar-refractivity contribution in [3.05, 3.63) is 88.0 Å². The van der Waals surface area contributed by atoms with Gasteiger partial charge in [0.1, 0.15) is 11.5 Å². The first-order valence-corrected chi connectivity index (χ1v) is 11.5. The van der Waals surface area contributed by atoms with Gasteiger partial charge in [-0.1, -0.05) is 40.2 Å². The molecule has 0 radical (unpaired) electrons.